The van der Waals surface area contributed by atoms with Crippen LogP contribution in [-0.2, 0) is 9.53 Å². The summed E-state index contributed by atoms with van der Waals surface area (Å²) in [5, 5.41) is 0.910. The first-order valence-corrected chi connectivity index (χ1v) is 9.23. The van der Waals surface area contributed by atoms with Crippen LogP contribution in [0.4, 0.5) is 0 Å². The number of likely N-dealkylation sites (tertiary alicyclic amines) is 1. The van der Waals surface area contributed by atoms with Crippen LogP contribution >= 0.6 is 0 Å². The van der Waals surface area contributed by atoms with E-state index in [4.69, 9.17) is 9.47 Å². The monoisotopic (exact) mass is 359 g/mol. The second-order valence-electron chi connectivity index (χ2n) is 6.91. The second-order valence-corrected chi connectivity index (χ2v) is 6.91. The van der Waals surface area contributed by atoms with Crippen LogP contribution in [0.3, 0.4) is 0 Å². The summed E-state index contributed by atoms with van der Waals surface area (Å²) < 4.78 is 10.4. The summed E-state index contributed by atoms with van der Waals surface area (Å²) in [4.78, 5) is 29.3. The van der Waals surface area contributed by atoms with Crippen molar-refractivity contribution in [2.75, 3.05) is 33.4 Å². The van der Waals surface area contributed by atoms with Crippen LogP contribution in [0.15, 0.2) is 18.2 Å². The fourth-order valence-electron chi connectivity index (χ4n) is 3.81. The van der Waals surface area contributed by atoms with Crippen LogP contribution in [0.25, 0.3) is 10.9 Å². The number of nitrogens with one attached hydrogen (secondary N) is 2. The van der Waals surface area contributed by atoms with Crippen molar-refractivity contribution in [1.29, 1.82) is 0 Å². The van der Waals surface area contributed by atoms with Gasteiger partial charge in [-0.25, -0.2) is 0 Å². The van der Waals surface area contributed by atoms with Gasteiger partial charge in [0, 0.05) is 29.4 Å². The van der Waals surface area contributed by atoms with Gasteiger partial charge in [0.05, 0.1) is 38.3 Å². The number of ketones is 1. The highest BCUT2D eigenvalue weighted by atomic mass is 16.5. The smallest absolute Gasteiger partial charge is 0.309 e. The Labute approximate surface area is 153 Å². The molecule has 2 N–H and O–H groups in total. The number of hydrogen-bond donors (Lipinski definition) is 2. The maximum atomic E-state index is 13.0. The van der Waals surface area contributed by atoms with Crippen molar-refractivity contribution in [1.82, 2.24) is 4.98 Å². The highest BCUT2D eigenvalue weighted by molar-refractivity contribution is 6.10. The first-order valence-electron chi connectivity index (χ1n) is 9.23. The summed E-state index contributed by atoms with van der Waals surface area (Å²) in [6, 6.07) is 5.74. The topological polar surface area (TPSA) is 72.8 Å². The molecule has 0 aliphatic carbocycles. The molecule has 0 unspecified atom stereocenters. The molecule has 26 heavy (non-hydrogen) atoms. The maximum Gasteiger partial charge on any atom is 0.309 e. The lowest BCUT2D eigenvalue weighted by Crippen LogP contribution is -3.14. The molecule has 1 saturated heterocycles. The van der Waals surface area contributed by atoms with Gasteiger partial charge < -0.3 is 19.4 Å². The zero-order valence-corrected chi connectivity index (χ0v) is 15.7. The number of hydrogen-bond acceptors (Lipinski definition) is 4. The van der Waals surface area contributed by atoms with Gasteiger partial charge in [-0.3, -0.25) is 9.59 Å². The number of aromatic amines is 1. The molecule has 0 saturated carbocycles. The summed E-state index contributed by atoms with van der Waals surface area (Å²) in [6.07, 6.45) is 1.56. The molecule has 0 amide bonds. The maximum absolute atomic E-state index is 13.0. The number of piperidine rings is 1. The van der Waals surface area contributed by atoms with Crippen LogP contribution in [0.1, 0.15) is 35.8 Å². The van der Waals surface area contributed by atoms with E-state index in [9.17, 15) is 9.59 Å². The third-order valence-corrected chi connectivity index (χ3v) is 5.20. The van der Waals surface area contributed by atoms with Crippen molar-refractivity contribution in [2.45, 2.75) is 26.7 Å². The summed E-state index contributed by atoms with van der Waals surface area (Å²) in [6.45, 7) is 6.27. The van der Waals surface area contributed by atoms with Crippen molar-refractivity contribution < 1.29 is 24.0 Å². The number of Topliss-reactive ketones (excluding diaryl/α,β-unsaturated/α-hetero) is 1. The van der Waals surface area contributed by atoms with E-state index in [1.807, 2.05) is 32.0 Å². The normalized spacial score (nSPS) is 20.1. The number of ether oxygens (including phenoxy) is 2. The lowest BCUT2D eigenvalue weighted by Gasteiger charge is -2.27. The summed E-state index contributed by atoms with van der Waals surface area (Å²) in [7, 11) is 1.63. The Morgan fingerprint density at radius 3 is 2.65 bits per heavy atom. The van der Waals surface area contributed by atoms with Gasteiger partial charge in [0.2, 0.25) is 5.78 Å². The molecule has 0 spiro atoms. The van der Waals surface area contributed by atoms with E-state index in [0.29, 0.717) is 13.2 Å². The van der Waals surface area contributed by atoms with Gasteiger partial charge in [-0.2, -0.15) is 0 Å². The Balaban J connectivity index is 1.68. The van der Waals surface area contributed by atoms with Crippen molar-refractivity contribution in [3.8, 4) is 5.75 Å². The Morgan fingerprint density at radius 2 is 2.00 bits per heavy atom. The summed E-state index contributed by atoms with van der Waals surface area (Å²) in [5.41, 5.74) is 2.58. The molecule has 1 aliphatic rings. The third kappa shape index (κ3) is 3.75. The largest absolute Gasteiger partial charge is 0.497 e. The number of carbonyl (C=O) groups excluding carboxylic acids is 2. The zero-order valence-electron chi connectivity index (χ0n) is 15.7. The van der Waals surface area contributed by atoms with Crippen molar-refractivity contribution >= 4 is 22.7 Å². The quantitative estimate of drug-likeness (QED) is 0.606. The number of carbonyl (C=O) groups is 2. The third-order valence-electron chi connectivity index (χ3n) is 5.20. The molecular weight excluding hydrogens is 332 g/mol. The number of rotatable bonds is 6. The van der Waals surface area contributed by atoms with E-state index in [1.54, 1.807) is 7.11 Å². The van der Waals surface area contributed by atoms with Crippen LogP contribution < -0.4 is 9.64 Å². The van der Waals surface area contributed by atoms with E-state index in [-0.39, 0.29) is 17.7 Å². The molecule has 1 aromatic carbocycles. The number of fused-ring (bicyclic) bond motifs is 1. The first kappa shape index (κ1) is 18.5. The number of quaternary nitrogens is 1. The number of benzene rings is 1. The molecule has 6 nitrogen and oxygen atoms in total. The van der Waals surface area contributed by atoms with E-state index in [2.05, 4.69) is 4.98 Å². The summed E-state index contributed by atoms with van der Waals surface area (Å²) >= 11 is 0. The molecule has 1 fully saturated rings. The Kier molecular flexibility index (Phi) is 5.61. The first-order chi connectivity index (χ1) is 12.5. The number of methoxy groups -OCH3 is 1. The molecule has 1 aliphatic heterocycles. The van der Waals surface area contributed by atoms with Crippen LogP contribution in [0.5, 0.6) is 5.75 Å². The van der Waals surface area contributed by atoms with E-state index >= 15 is 0 Å². The SMILES string of the molecule is CCOC(=O)C1CC[NH+](CC(=O)c2c(C)[nH]c3ccc(OC)cc23)CC1. The second kappa shape index (κ2) is 7.91. The van der Waals surface area contributed by atoms with Gasteiger partial charge in [0.1, 0.15) is 12.3 Å². The fourth-order valence-corrected chi connectivity index (χ4v) is 3.81. The minimum Gasteiger partial charge on any atom is -0.497 e. The lowest BCUT2D eigenvalue weighted by molar-refractivity contribution is -0.897. The van der Waals surface area contributed by atoms with Gasteiger partial charge in [-0.05, 0) is 32.0 Å². The number of aryl methyl sites for hydroxylation is 1. The van der Waals surface area contributed by atoms with Crippen molar-refractivity contribution in [2.24, 2.45) is 5.92 Å². The molecule has 1 aromatic heterocycles. The molecule has 2 heterocycles. The van der Waals surface area contributed by atoms with Gasteiger partial charge in [-0.1, -0.05) is 0 Å². The van der Waals surface area contributed by atoms with E-state index in [1.165, 1.54) is 4.90 Å². The number of H-pyrrole nitrogens is 1. The molecule has 0 bridgehead atoms. The molecule has 0 radical (unpaired) electrons. The average Bonchev–Trinajstić information content (AvgIpc) is 2.97. The molecule has 2 aromatic rings. The van der Waals surface area contributed by atoms with Gasteiger partial charge >= 0.3 is 5.97 Å². The highest BCUT2D eigenvalue weighted by Gasteiger charge is 2.30. The zero-order chi connectivity index (χ0) is 18.7. The average molecular weight is 359 g/mol. The standard InChI is InChI=1S/C20H26N2O4/c1-4-26-20(24)14-7-9-22(10-8-14)12-18(23)19-13(2)21-17-6-5-15(25-3)11-16(17)19/h5-6,11,14,21H,4,7-10,12H2,1-3H3/p+1. The van der Waals surface area contributed by atoms with Gasteiger partial charge in [0.15, 0.2) is 0 Å². The Hall–Kier alpha value is -2.34. The molecule has 0 atom stereocenters. The summed E-state index contributed by atoms with van der Waals surface area (Å²) in [5.74, 6) is 0.755. The number of esters is 1. The fraction of sp³-hybridized carbons (Fsp3) is 0.500. The molecule has 6 heteroatoms. The van der Waals surface area contributed by atoms with Crippen molar-refractivity contribution in [3.05, 3.63) is 29.5 Å². The lowest BCUT2D eigenvalue weighted by atomic mass is 9.96. The number of aromatic nitrogens is 1. The van der Waals surface area contributed by atoms with Crippen molar-refractivity contribution in [3.63, 3.8) is 0 Å². The van der Waals surface area contributed by atoms with Gasteiger partial charge in [0.25, 0.3) is 0 Å². The minimum absolute atomic E-state index is 0.0205. The molecule has 140 valence electrons. The highest BCUT2D eigenvalue weighted by Crippen LogP contribution is 2.26. The van der Waals surface area contributed by atoms with Crippen LogP contribution in [0, 0.1) is 12.8 Å². The van der Waals surface area contributed by atoms with E-state index in [0.717, 1.165) is 53.8 Å². The minimum atomic E-state index is -0.0996. The predicted octanol–water partition coefficient (Wildman–Crippen LogP) is 1.53. The van der Waals surface area contributed by atoms with Crippen LogP contribution in [-0.4, -0.2) is 50.1 Å². The van der Waals surface area contributed by atoms with Gasteiger partial charge in [-0.15, -0.1) is 0 Å². The Bertz CT molecular complexity index is 803. The molecular formula is C20H27N2O4+. The predicted molar refractivity (Wildman–Crippen MR) is 98.8 cm³/mol. The molecule has 3 rings (SSSR count). The Morgan fingerprint density at radius 1 is 1.27 bits per heavy atom. The van der Waals surface area contributed by atoms with Crippen LogP contribution in [0.2, 0.25) is 0 Å². The van der Waals surface area contributed by atoms with E-state index < -0.39 is 0 Å².